The number of halogens is 2. The monoisotopic (exact) mass is 284 g/mol. The van der Waals surface area contributed by atoms with E-state index in [0.717, 1.165) is 0 Å². The highest BCUT2D eigenvalue weighted by molar-refractivity contribution is 5.85. The van der Waals surface area contributed by atoms with E-state index >= 15 is 0 Å². The van der Waals surface area contributed by atoms with Gasteiger partial charge in [0.25, 0.3) is 0 Å². The Balaban J connectivity index is 0. The van der Waals surface area contributed by atoms with Crippen molar-refractivity contribution in [3.05, 3.63) is 0 Å². The third-order valence-electron chi connectivity index (χ3n) is 1.65. The molecule has 100 valence electrons. The summed E-state index contributed by atoms with van der Waals surface area (Å²) in [6, 6.07) is 0. The Hall–Kier alpha value is -1.18. The van der Waals surface area contributed by atoms with Gasteiger partial charge in [0.05, 0.1) is 0 Å². The highest BCUT2D eigenvalue weighted by atomic mass is 35.5. The van der Waals surface area contributed by atoms with Crippen molar-refractivity contribution in [1.82, 2.24) is 9.97 Å². The molecule has 1 heterocycles. The molecule has 9 heteroatoms. The highest BCUT2D eigenvalue weighted by Gasteiger charge is 2.14. The van der Waals surface area contributed by atoms with E-state index < -0.39 is 5.54 Å². The third-order valence-corrected chi connectivity index (χ3v) is 1.65. The quantitative estimate of drug-likeness (QED) is 0.540. The number of nitrogens with zero attached hydrogens (tertiary/aromatic N) is 2. The normalized spacial score (nSPS) is 10.1. The molecule has 0 aliphatic carbocycles. The summed E-state index contributed by atoms with van der Waals surface area (Å²) in [5.74, 6) is -0.0858. The Morgan fingerprint density at radius 3 is 2.24 bits per heavy atom. The second kappa shape index (κ2) is 6.53. The van der Waals surface area contributed by atoms with Crippen molar-refractivity contribution < 1.29 is 5.11 Å². The Kier molecular flexibility index (Phi) is 6.99. The van der Waals surface area contributed by atoms with Gasteiger partial charge >= 0.3 is 0 Å². The van der Waals surface area contributed by atoms with Crippen LogP contribution in [0.2, 0.25) is 0 Å². The van der Waals surface area contributed by atoms with E-state index in [2.05, 4.69) is 15.3 Å². The van der Waals surface area contributed by atoms with Gasteiger partial charge in [-0.15, -0.1) is 24.8 Å². The fourth-order valence-corrected chi connectivity index (χ4v) is 0.921. The minimum atomic E-state index is -0.415. The summed E-state index contributed by atoms with van der Waals surface area (Å²) in [6.45, 7) is 4.15. The first-order valence-corrected chi connectivity index (χ1v) is 4.44. The molecule has 0 atom stereocenters. The van der Waals surface area contributed by atoms with E-state index in [1.807, 2.05) is 13.8 Å². The summed E-state index contributed by atoms with van der Waals surface area (Å²) in [5.41, 5.74) is 16.3. The van der Waals surface area contributed by atoms with Crippen molar-refractivity contribution in [3.8, 4) is 5.88 Å². The average Bonchev–Trinajstić information content (AvgIpc) is 2.07. The molecule has 0 unspecified atom stereocenters. The van der Waals surface area contributed by atoms with Gasteiger partial charge in [0.15, 0.2) is 5.82 Å². The van der Waals surface area contributed by atoms with E-state index in [0.29, 0.717) is 12.4 Å². The number of aromatic hydroxyl groups is 1. The van der Waals surface area contributed by atoms with Crippen LogP contribution in [0.3, 0.4) is 0 Å². The fraction of sp³-hybridized carbons (Fsp3) is 0.500. The van der Waals surface area contributed by atoms with Crippen LogP contribution in [0.15, 0.2) is 0 Å². The van der Waals surface area contributed by atoms with Crippen LogP contribution in [-0.2, 0) is 0 Å². The zero-order chi connectivity index (χ0) is 11.6. The largest absolute Gasteiger partial charge is 0.492 e. The SMILES string of the molecule is CC(C)(N)CNc1nc(N)nc(O)c1N.Cl.Cl. The highest BCUT2D eigenvalue weighted by Crippen LogP contribution is 2.25. The van der Waals surface area contributed by atoms with Crippen LogP contribution in [0.25, 0.3) is 0 Å². The molecular formula is C8H18Cl2N6O. The van der Waals surface area contributed by atoms with Gasteiger partial charge in [0.1, 0.15) is 5.69 Å². The number of nitrogens with one attached hydrogen (secondary N) is 1. The maximum atomic E-state index is 9.28. The van der Waals surface area contributed by atoms with Crippen LogP contribution in [0.1, 0.15) is 13.8 Å². The predicted molar refractivity (Wildman–Crippen MR) is 73.8 cm³/mol. The second-order valence-corrected chi connectivity index (χ2v) is 4.01. The first-order valence-electron chi connectivity index (χ1n) is 4.44. The zero-order valence-corrected chi connectivity index (χ0v) is 11.2. The lowest BCUT2D eigenvalue weighted by Gasteiger charge is -2.20. The second-order valence-electron chi connectivity index (χ2n) is 4.01. The molecule has 0 aliphatic rings. The number of nitrogen functional groups attached to an aromatic ring is 2. The molecule has 7 nitrogen and oxygen atoms in total. The molecule has 1 rings (SSSR count). The van der Waals surface area contributed by atoms with Crippen molar-refractivity contribution in [3.63, 3.8) is 0 Å². The molecule has 17 heavy (non-hydrogen) atoms. The van der Waals surface area contributed by atoms with Crippen LogP contribution in [0.5, 0.6) is 5.88 Å². The number of rotatable bonds is 3. The Morgan fingerprint density at radius 1 is 1.24 bits per heavy atom. The van der Waals surface area contributed by atoms with E-state index in [1.54, 1.807) is 0 Å². The summed E-state index contributed by atoms with van der Waals surface area (Å²) in [6.07, 6.45) is 0. The number of aromatic nitrogens is 2. The molecule has 8 N–H and O–H groups in total. The lowest BCUT2D eigenvalue weighted by Crippen LogP contribution is -2.39. The van der Waals surface area contributed by atoms with E-state index in [1.165, 1.54) is 0 Å². The molecule has 0 bridgehead atoms. The molecule has 0 saturated carbocycles. The molecular weight excluding hydrogens is 267 g/mol. The average molecular weight is 285 g/mol. The third kappa shape index (κ3) is 5.62. The van der Waals surface area contributed by atoms with Crippen molar-refractivity contribution in [2.75, 3.05) is 23.3 Å². The topological polar surface area (TPSA) is 136 Å². The maximum absolute atomic E-state index is 9.28. The van der Waals surface area contributed by atoms with Gasteiger partial charge in [-0.3, -0.25) is 0 Å². The van der Waals surface area contributed by atoms with E-state index in [9.17, 15) is 5.11 Å². The van der Waals surface area contributed by atoms with Gasteiger partial charge in [-0.2, -0.15) is 9.97 Å². The van der Waals surface area contributed by atoms with Gasteiger partial charge in [0, 0.05) is 12.1 Å². The van der Waals surface area contributed by atoms with Crippen molar-refractivity contribution in [2.24, 2.45) is 5.73 Å². The molecule has 0 spiro atoms. The van der Waals surface area contributed by atoms with Gasteiger partial charge in [-0.1, -0.05) is 0 Å². The lowest BCUT2D eigenvalue weighted by molar-refractivity contribution is 0.456. The van der Waals surface area contributed by atoms with Crippen molar-refractivity contribution in [1.29, 1.82) is 0 Å². The van der Waals surface area contributed by atoms with E-state index in [4.69, 9.17) is 17.2 Å². The van der Waals surface area contributed by atoms with Crippen LogP contribution in [-0.4, -0.2) is 27.2 Å². The lowest BCUT2D eigenvalue weighted by atomic mass is 10.1. The smallest absolute Gasteiger partial charge is 0.241 e. The summed E-state index contributed by atoms with van der Waals surface area (Å²) in [4.78, 5) is 7.36. The summed E-state index contributed by atoms with van der Waals surface area (Å²) in [5, 5.41) is 12.2. The zero-order valence-electron chi connectivity index (χ0n) is 9.60. The molecule has 0 saturated heterocycles. The Labute approximate surface area is 112 Å². The number of anilines is 3. The van der Waals surface area contributed by atoms with Gasteiger partial charge in [0.2, 0.25) is 11.8 Å². The number of nitrogens with two attached hydrogens (primary N) is 3. The molecule has 1 aromatic rings. The molecule has 0 aliphatic heterocycles. The fourth-order valence-electron chi connectivity index (χ4n) is 0.921. The predicted octanol–water partition coefficient (Wildman–Crippen LogP) is 0.339. The van der Waals surface area contributed by atoms with Crippen molar-refractivity contribution >= 4 is 42.3 Å². The molecule has 0 fully saturated rings. The van der Waals surface area contributed by atoms with Crippen LogP contribution < -0.4 is 22.5 Å². The molecule has 0 amide bonds. The minimum absolute atomic E-state index is 0. The maximum Gasteiger partial charge on any atom is 0.241 e. The number of hydrogen-bond donors (Lipinski definition) is 5. The molecule has 0 radical (unpaired) electrons. The summed E-state index contributed by atoms with van der Waals surface area (Å²) >= 11 is 0. The van der Waals surface area contributed by atoms with Gasteiger partial charge < -0.3 is 27.6 Å². The van der Waals surface area contributed by atoms with Crippen molar-refractivity contribution in [2.45, 2.75) is 19.4 Å². The van der Waals surface area contributed by atoms with Gasteiger partial charge in [-0.25, -0.2) is 0 Å². The van der Waals surface area contributed by atoms with Gasteiger partial charge in [-0.05, 0) is 13.8 Å². The van der Waals surface area contributed by atoms with E-state index in [-0.39, 0.29) is 42.3 Å². The Morgan fingerprint density at radius 2 is 1.76 bits per heavy atom. The first kappa shape index (κ1) is 18.2. The molecule has 0 aromatic carbocycles. The first-order chi connectivity index (χ1) is 6.79. The van der Waals surface area contributed by atoms with Crippen LogP contribution in [0, 0.1) is 0 Å². The summed E-state index contributed by atoms with van der Waals surface area (Å²) < 4.78 is 0. The Bertz CT molecular complexity index is 368. The minimum Gasteiger partial charge on any atom is -0.492 e. The van der Waals surface area contributed by atoms with Crippen LogP contribution in [0.4, 0.5) is 17.5 Å². The molecule has 1 aromatic heterocycles. The standard InChI is InChI=1S/C8H16N6O.2ClH/c1-8(2,11)3-12-5-4(9)6(15)14-7(10)13-5;;/h3,9,11H2,1-2H3,(H4,10,12,13,14,15);2*1H. The van der Waals surface area contributed by atoms with Crippen LogP contribution >= 0.6 is 24.8 Å². The number of hydrogen-bond acceptors (Lipinski definition) is 7. The summed E-state index contributed by atoms with van der Waals surface area (Å²) in [7, 11) is 0.